The molecule has 0 heterocycles. The van der Waals surface area contributed by atoms with Crippen LogP contribution in [0.15, 0.2) is 170 Å². The van der Waals surface area contributed by atoms with Crippen molar-refractivity contribution in [2.75, 3.05) is 39.6 Å². The summed E-state index contributed by atoms with van der Waals surface area (Å²) in [7, 11) is -10.0. The second-order valence-electron chi connectivity index (χ2n) is 27.0. The number of ether oxygens (including phenoxy) is 4. The number of carbonyl (C=O) groups is 4. The normalized spacial score (nSPS) is 14.7. The lowest BCUT2D eigenvalue weighted by atomic mass is 10.1. The first-order valence-electron chi connectivity index (χ1n) is 41.4. The highest BCUT2D eigenvalue weighted by Gasteiger charge is 2.30. The van der Waals surface area contributed by atoms with Gasteiger partial charge in [-0.1, -0.05) is 288 Å². The second kappa shape index (κ2) is 79.5. The molecule has 0 aliphatic carbocycles. The van der Waals surface area contributed by atoms with Gasteiger partial charge in [-0.15, -0.1) is 0 Å². The number of allylic oxidation sites excluding steroid dienone is 28. The van der Waals surface area contributed by atoms with Crippen LogP contribution >= 0.6 is 15.6 Å². The van der Waals surface area contributed by atoms with Gasteiger partial charge in [-0.2, -0.15) is 0 Å². The molecule has 0 spiro atoms. The van der Waals surface area contributed by atoms with Crippen LogP contribution in [0.2, 0.25) is 0 Å². The van der Waals surface area contributed by atoms with Crippen LogP contribution in [-0.2, 0) is 65.4 Å². The molecule has 108 heavy (non-hydrogen) atoms. The molecule has 17 nitrogen and oxygen atoms in total. The van der Waals surface area contributed by atoms with E-state index in [4.69, 9.17) is 37.0 Å². The summed E-state index contributed by atoms with van der Waals surface area (Å²) in [6, 6.07) is 0. The fourth-order valence-electron chi connectivity index (χ4n) is 10.3. The van der Waals surface area contributed by atoms with Crippen LogP contribution < -0.4 is 0 Å². The van der Waals surface area contributed by atoms with Crippen LogP contribution in [-0.4, -0.2) is 96.7 Å². The molecule has 0 aromatic heterocycles. The molecule has 0 bridgehead atoms. The predicted octanol–water partition coefficient (Wildman–Crippen LogP) is 24.6. The van der Waals surface area contributed by atoms with Crippen molar-refractivity contribution in [1.29, 1.82) is 0 Å². The molecule has 0 aliphatic heterocycles. The van der Waals surface area contributed by atoms with Gasteiger partial charge in [0.05, 0.1) is 26.4 Å². The zero-order valence-electron chi connectivity index (χ0n) is 67.2. The number of phosphoric acid groups is 2. The topological polar surface area (TPSA) is 237 Å². The van der Waals surface area contributed by atoms with E-state index in [1.165, 1.54) is 83.5 Å². The molecule has 0 fully saturated rings. The van der Waals surface area contributed by atoms with Gasteiger partial charge in [0.25, 0.3) is 0 Å². The number of phosphoric ester groups is 2. The maximum Gasteiger partial charge on any atom is 0.472 e. The van der Waals surface area contributed by atoms with Crippen molar-refractivity contribution < 1.29 is 80.2 Å². The van der Waals surface area contributed by atoms with Gasteiger partial charge in [-0.25, -0.2) is 9.13 Å². The molecule has 0 rings (SSSR count). The van der Waals surface area contributed by atoms with Gasteiger partial charge in [0.2, 0.25) is 0 Å². The lowest BCUT2D eigenvalue weighted by molar-refractivity contribution is -0.161. The van der Waals surface area contributed by atoms with Crippen LogP contribution in [0.1, 0.15) is 310 Å². The average molecular weight is 1550 g/mol. The summed E-state index contributed by atoms with van der Waals surface area (Å²) < 4.78 is 68.5. The summed E-state index contributed by atoms with van der Waals surface area (Å²) in [5, 5.41) is 10.7. The summed E-state index contributed by atoms with van der Waals surface area (Å²) >= 11 is 0. The third-order valence-corrected chi connectivity index (χ3v) is 18.5. The zero-order valence-corrected chi connectivity index (χ0v) is 69.0. The largest absolute Gasteiger partial charge is 0.472 e. The molecular weight excluding hydrogens is 1400 g/mol. The molecule has 0 saturated heterocycles. The van der Waals surface area contributed by atoms with Gasteiger partial charge in [-0.3, -0.25) is 37.3 Å². The highest BCUT2D eigenvalue weighted by atomic mass is 31.2. The molecule has 0 amide bonds. The number of hydrogen-bond acceptors (Lipinski definition) is 15. The third-order valence-electron chi connectivity index (χ3n) is 16.6. The maximum atomic E-state index is 13.1. The van der Waals surface area contributed by atoms with Crippen molar-refractivity contribution in [3.63, 3.8) is 0 Å². The Hall–Kier alpha value is -5.58. The Morgan fingerprint density at radius 3 is 0.806 bits per heavy atom. The van der Waals surface area contributed by atoms with Crippen molar-refractivity contribution in [3.05, 3.63) is 170 Å². The van der Waals surface area contributed by atoms with E-state index < -0.39 is 97.5 Å². The van der Waals surface area contributed by atoms with Crippen molar-refractivity contribution in [2.24, 2.45) is 0 Å². The zero-order chi connectivity index (χ0) is 78.9. The highest BCUT2D eigenvalue weighted by molar-refractivity contribution is 7.47. The number of rotatable bonds is 76. The maximum absolute atomic E-state index is 13.1. The number of unbranched alkanes of at least 4 members (excludes halogenated alkanes) is 22. The van der Waals surface area contributed by atoms with E-state index in [1.54, 1.807) is 0 Å². The number of hydrogen-bond donors (Lipinski definition) is 3. The van der Waals surface area contributed by atoms with Gasteiger partial charge < -0.3 is 33.8 Å². The highest BCUT2D eigenvalue weighted by Crippen LogP contribution is 2.45. The Balaban J connectivity index is 5.55. The Morgan fingerprint density at radius 2 is 0.481 bits per heavy atom. The minimum Gasteiger partial charge on any atom is -0.462 e. The fraction of sp³-hybridized carbons (Fsp3) is 0.640. The van der Waals surface area contributed by atoms with Crippen LogP contribution in [0.5, 0.6) is 0 Å². The minimum absolute atomic E-state index is 0.0472. The Morgan fingerprint density at radius 1 is 0.259 bits per heavy atom. The third kappa shape index (κ3) is 78.5. The van der Waals surface area contributed by atoms with Gasteiger partial charge in [0.15, 0.2) is 12.2 Å². The SMILES string of the molecule is CCCCC/C=C\C/C=C\C/C=C\C/C=C\C/C=C\CCC(=O)O[C@H](COC(=O)CCC/C=C\C/C=C\C/C=C\C/C=C\CCCCC)COP(=O)(O)OC[C@@H](O)COP(=O)(O)OC[C@@H](COC(=O)CCC/C=C\C/C=C\C/C=C\C/C=C\CCCCC)OC(=O)CCCCCCCCC/C=C\CCCCCC. The summed E-state index contributed by atoms with van der Waals surface area (Å²) in [6.45, 7) is 4.56. The lowest BCUT2D eigenvalue weighted by Crippen LogP contribution is -2.30. The van der Waals surface area contributed by atoms with Gasteiger partial charge in [-0.05, 0) is 167 Å². The molecule has 3 N–H and O–H groups in total. The van der Waals surface area contributed by atoms with Crippen molar-refractivity contribution in [1.82, 2.24) is 0 Å². The first-order chi connectivity index (χ1) is 52.7. The number of carbonyl (C=O) groups excluding carboxylic acids is 4. The molecule has 0 radical (unpaired) electrons. The minimum atomic E-state index is -5.02. The summed E-state index contributed by atoms with van der Waals surface area (Å²) in [4.78, 5) is 73.1. The van der Waals surface area contributed by atoms with E-state index in [-0.39, 0.29) is 25.7 Å². The van der Waals surface area contributed by atoms with Gasteiger partial charge in [0, 0.05) is 25.7 Å². The van der Waals surface area contributed by atoms with Crippen LogP contribution in [0.25, 0.3) is 0 Å². The fourth-order valence-corrected chi connectivity index (χ4v) is 11.9. The van der Waals surface area contributed by atoms with Crippen molar-refractivity contribution in [2.45, 2.75) is 329 Å². The molecule has 5 atom stereocenters. The first-order valence-corrected chi connectivity index (χ1v) is 44.4. The van der Waals surface area contributed by atoms with E-state index in [1.807, 2.05) is 42.5 Å². The lowest BCUT2D eigenvalue weighted by Gasteiger charge is -2.21. The van der Waals surface area contributed by atoms with Gasteiger partial charge >= 0.3 is 39.5 Å². The van der Waals surface area contributed by atoms with Crippen LogP contribution in [0.3, 0.4) is 0 Å². The van der Waals surface area contributed by atoms with E-state index in [0.29, 0.717) is 44.9 Å². The van der Waals surface area contributed by atoms with E-state index in [9.17, 15) is 43.2 Å². The molecule has 19 heteroatoms. The summed E-state index contributed by atoms with van der Waals surface area (Å²) in [6.07, 6.45) is 95.0. The van der Waals surface area contributed by atoms with Crippen LogP contribution in [0.4, 0.5) is 0 Å². The molecule has 0 aromatic rings. The summed E-state index contributed by atoms with van der Waals surface area (Å²) in [5.74, 6) is -2.42. The quantitative estimate of drug-likeness (QED) is 0.0169. The average Bonchev–Trinajstić information content (AvgIpc) is 0.907. The molecule has 0 aliphatic rings. The monoisotopic (exact) mass is 1550 g/mol. The second-order valence-corrected chi connectivity index (χ2v) is 29.9. The first kappa shape index (κ1) is 102. The number of aliphatic hydroxyl groups excluding tert-OH is 1. The molecular formula is C89H146O17P2. The molecule has 2 unspecified atom stereocenters. The Kier molecular flexibility index (Phi) is 75.4. The Bertz CT molecular complexity index is 2710. The van der Waals surface area contributed by atoms with E-state index >= 15 is 0 Å². The summed E-state index contributed by atoms with van der Waals surface area (Å²) in [5.41, 5.74) is 0. The predicted molar refractivity (Wildman–Crippen MR) is 445 cm³/mol. The number of esters is 4. The van der Waals surface area contributed by atoms with Gasteiger partial charge in [0.1, 0.15) is 19.3 Å². The molecule has 614 valence electrons. The van der Waals surface area contributed by atoms with E-state index in [2.05, 4.69) is 155 Å². The molecule has 0 saturated carbocycles. The molecule has 0 aromatic carbocycles. The van der Waals surface area contributed by atoms with E-state index in [0.717, 1.165) is 128 Å². The number of aliphatic hydroxyl groups is 1. The van der Waals surface area contributed by atoms with Crippen molar-refractivity contribution in [3.8, 4) is 0 Å². The Labute approximate surface area is 654 Å². The smallest absolute Gasteiger partial charge is 0.462 e. The van der Waals surface area contributed by atoms with Crippen LogP contribution in [0, 0.1) is 0 Å². The standard InChI is InChI=1S/C89H146O17P2/c1-5-9-13-17-21-25-29-33-37-40-41-44-48-52-56-60-64-68-72-76-89(94)106-85(80-100-87(92)74-70-66-62-58-54-50-47-43-39-35-31-27-23-19-15-11-7-3)82-104-108(97,98)102-78-83(90)77-101-107(95,96)103-81-84(105-88(93)75-71-67-63-59-55-51-45-36-32-28-24-20-16-12-8-4)79-99-86(91)73-69-65-61-57-53-49-46-42-38-34-30-26-22-18-14-10-6-2/h21-23,25-28,32-35,37-39,41,44,46-47,49-50,52,56-58,61-62,64,68,83-85,90H,5-20,24,29-31,36,40,42-43,45,48,51,53-55,59-60,63,65-67,69-82H2,1-4H3,(H,95,96)(H,97,98)/b25-21-,26-22-,27-23-,32-28-,37-33-,38-34-,39-35-,44-41-,49-46-,50-47-,56-52-,61-57-,62-58-,68-64-/t83-,84+,85+/m0/s1. The van der Waals surface area contributed by atoms with Crippen molar-refractivity contribution >= 4 is 39.5 Å².